The van der Waals surface area contributed by atoms with Crippen molar-refractivity contribution in [2.24, 2.45) is 0 Å². The fourth-order valence-electron chi connectivity index (χ4n) is 2.28. The summed E-state index contributed by atoms with van der Waals surface area (Å²) < 4.78 is 11.1. The van der Waals surface area contributed by atoms with Crippen LogP contribution in [0, 0.1) is 0 Å². The first-order valence-corrected chi connectivity index (χ1v) is 9.57. The monoisotopic (exact) mass is 372 g/mol. The van der Waals surface area contributed by atoms with Crippen molar-refractivity contribution in [3.8, 4) is 0 Å². The summed E-state index contributed by atoms with van der Waals surface area (Å²) in [6.07, 6.45) is 5.48. The lowest BCUT2D eigenvalue weighted by Gasteiger charge is -2.25. The number of amides is 2. The van der Waals surface area contributed by atoms with E-state index in [1.165, 1.54) is 6.92 Å². The van der Waals surface area contributed by atoms with Gasteiger partial charge >= 0.3 is 0 Å². The summed E-state index contributed by atoms with van der Waals surface area (Å²) >= 11 is 0. The number of carbonyl (C=O) groups excluding carboxylic acids is 3. The number of carbonyl (C=O) groups is 3. The van der Waals surface area contributed by atoms with Gasteiger partial charge in [0.1, 0.15) is 5.78 Å². The Morgan fingerprint density at radius 3 is 1.92 bits per heavy atom. The van der Waals surface area contributed by atoms with Crippen LogP contribution in [0.2, 0.25) is 0 Å². The van der Waals surface area contributed by atoms with Crippen molar-refractivity contribution in [2.75, 3.05) is 26.3 Å². The number of ether oxygens (including phenoxy) is 2. The lowest BCUT2D eigenvalue weighted by molar-refractivity contribution is -0.211. The number of Topliss-reactive ketones (excluding diaryl/α,β-unsaturated/α-hetero) is 1. The van der Waals surface area contributed by atoms with E-state index in [0.29, 0.717) is 51.3 Å². The van der Waals surface area contributed by atoms with E-state index < -0.39 is 5.79 Å². The fraction of sp³-hybridized carbons (Fsp3) is 0.842. The number of ketones is 1. The highest BCUT2D eigenvalue weighted by Crippen LogP contribution is 2.10. The van der Waals surface area contributed by atoms with Crippen molar-refractivity contribution in [3.63, 3.8) is 0 Å². The van der Waals surface area contributed by atoms with Crippen LogP contribution in [0.3, 0.4) is 0 Å². The average Bonchev–Trinajstić information content (AvgIpc) is 2.58. The Labute approximate surface area is 157 Å². The summed E-state index contributed by atoms with van der Waals surface area (Å²) in [7, 11) is 0. The molecule has 2 amide bonds. The maximum absolute atomic E-state index is 11.7. The summed E-state index contributed by atoms with van der Waals surface area (Å²) in [5.41, 5.74) is 0. The SMILES string of the molecule is CCC(=O)CCCCCCC(=O)NCCOC(C)(C)OCCNC(C)=O. The summed E-state index contributed by atoms with van der Waals surface area (Å²) in [6, 6.07) is 0. The van der Waals surface area contributed by atoms with Crippen molar-refractivity contribution < 1.29 is 23.9 Å². The molecule has 0 radical (unpaired) electrons. The smallest absolute Gasteiger partial charge is 0.220 e. The van der Waals surface area contributed by atoms with Crippen molar-refractivity contribution >= 4 is 17.6 Å². The molecule has 152 valence electrons. The van der Waals surface area contributed by atoms with Crippen LogP contribution in [-0.4, -0.2) is 49.7 Å². The molecule has 0 spiro atoms. The van der Waals surface area contributed by atoms with Crippen LogP contribution in [0.5, 0.6) is 0 Å². The molecule has 7 nitrogen and oxygen atoms in total. The molecule has 0 saturated heterocycles. The largest absolute Gasteiger partial charge is 0.354 e. The van der Waals surface area contributed by atoms with E-state index in [-0.39, 0.29) is 11.8 Å². The van der Waals surface area contributed by atoms with Crippen LogP contribution < -0.4 is 10.6 Å². The molecule has 7 heteroatoms. The molecule has 0 unspecified atom stereocenters. The third kappa shape index (κ3) is 16.0. The Morgan fingerprint density at radius 2 is 1.38 bits per heavy atom. The molecule has 26 heavy (non-hydrogen) atoms. The third-order valence-electron chi connectivity index (χ3n) is 3.80. The third-order valence-corrected chi connectivity index (χ3v) is 3.80. The number of unbranched alkanes of at least 4 members (excludes halogenated alkanes) is 3. The van der Waals surface area contributed by atoms with Gasteiger partial charge < -0.3 is 20.1 Å². The van der Waals surface area contributed by atoms with Crippen molar-refractivity contribution in [2.45, 2.75) is 78.4 Å². The van der Waals surface area contributed by atoms with E-state index in [4.69, 9.17) is 9.47 Å². The van der Waals surface area contributed by atoms with E-state index in [2.05, 4.69) is 10.6 Å². The molecule has 0 aromatic heterocycles. The number of hydrogen-bond acceptors (Lipinski definition) is 5. The molecule has 0 aromatic rings. The highest BCUT2D eigenvalue weighted by atomic mass is 16.7. The van der Waals surface area contributed by atoms with Crippen molar-refractivity contribution in [3.05, 3.63) is 0 Å². The van der Waals surface area contributed by atoms with Gasteiger partial charge in [-0.2, -0.15) is 0 Å². The van der Waals surface area contributed by atoms with Crippen LogP contribution in [0.15, 0.2) is 0 Å². The van der Waals surface area contributed by atoms with Crippen LogP contribution in [0.4, 0.5) is 0 Å². The Bertz CT molecular complexity index is 424. The van der Waals surface area contributed by atoms with Gasteiger partial charge in [0.25, 0.3) is 0 Å². The first-order valence-electron chi connectivity index (χ1n) is 9.57. The summed E-state index contributed by atoms with van der Waals surface area (Å²) in [6.45, 7) is 8.53. The predicted octanol–water partition coefficient (Wildman–Crippen LogP) is 2.33. The number of nitrogens with one attached hydrogen (secondary N) is 2. The molecular weight excluding hydrogens is 336 g/mol. The zero-order valence-corrected chi connectivity index (χ0v) is 16.8. The van der Waals surface area contributed by atoms with Gasteiger partial charge in [0.2, 0.25) is 11.8 Å². The molecule has 0 aliphatic carbocycles. The van der Waals surface area contributed by atoms with Crippen LogP contribution in [0.1, 0.15) is 72.6 Å². The second-order valence-electron chi connectivity index (χ2n) is 6.74. The predicted molar refractivity (Wildman–Crippen MR) is 101 cm³/mol. The lowest BCUT2D eigenvalue weighted by atomic mass is 10.1. The second-order valence-corrected chi connectivity index (χ2v) is 6.74. The van der Waals surface area contributed by atoms with E-state index in [9.17, 15) is 14.4 Å². The normalized spacial score (nSPS) is 11.2. The first-order chi connectivity index (χ1) is 12.3. The van der Waals surface area contributed by atoms with E-state index in [1.807, 2.05) is 6.92 Å². The highest BCUT2D eigenvalue weighted by Gasteiger charge is 2.18. The highest BCUT2D eigenvalue weighted by molar-refractivity contribution is 5.77. The van der Waals surface area contributed by atoms with E-state index >= 15 is 0 Å². The van der Waals surface area contributed by atoms with Gasteiger partial charge in [-0.15, -0.1) is 0 Å². The quantitative estimate of drug-likeness (QED) is 0.320. The van der Waals surface area contributed by atoms with Crippen LogP contribution >= 0.6 is 0 Å². The Morgan fingerprint density at radius 1 is 0.846 bits per heavy atom. The van der Waals surface area contributed by atoms with Gasteiger partial charge in [-0.25, -0.2) is 0 Å². The Balaban J connectivity index is 3.57. The summed E-state index contributed by atoms with van der Waals surface area (Å²) in [5.74, 6) is -0.532. The zero-order chi connectivity index (χ0) is 19.8. The Hall–Kier alpha value is -1.47. The molecule has 0 heterocycles. The van der Waals surface area contributed by atoms with Gasteiger partial charge in [-0.3, -0.25) is 14.4 Å². The zero-order valence-electron chi connectivity index (χ0n) is 16.8. The van der Waals surface area contributed by atoms with Gasteiger partial charge in [0.15, 0.2) is 5.79 Å². The lowest BCUT2D eigenvalue weighted by Crippen LogP contribution is -2.36. The molecule has 2 N–H and O–H groups in total. The Kier molecular flexibility index (Phi) is 13.8. The molecule has 0 aliphatic rings. The van der Waals surface area contributed by atoms with Crippen molar-refractivity contribution in [1.29, 1.82) is 0 Å². The minimum absolute atomic E-state index is 0.0163. The molecular formula is C19H36N2O5. The minimum Gasteiger partial charge on any atom is -0.354 e. The van der Waals surface area contributed by atoms with Gasteiger partial charge in [-0.1, -0.05) is 19.8 Å². The maximum atomic E-state index is 11.7. The van der Waals surface area contributed by atoms with Gasteiger partial charge in [0.05, 0.1) is 13.2 Å². The van der Waals surface area contributed by atoms with Crippen LogP contribution in [-0.2, 0) is 23.9 Å². The second kappa shape index (κ2) is 14.7. The molecule has 0 aliphatic heterocycles. The molecule has 0 saturated carbocycles. The fourth-order valence-corrected chi connectivity index (χ4v) is 2.28. The maximum Gasteiger partial charge on any atom is 0.220 e. The molecule has 0 fully saturated rings. The molecule has 0 atom stereocenters. The van der Waals surface area contributed by atoms with Crippen molar-refractivity contribution in [1.82, 2.24) is 10.6 Å². The summed E-state index contributed by atoms with van der Waals surface area (Å²) in [4.78, 5) is 33.7. The minimum atomic E-state index is -0.765. The first kappa shape index (κ1) is 24.5. The van der Waals surface area contributed by atoms with Gasteiger partial charge in [0, 0.05) is 39.3 Å². The van der Waals surface area contributed by atoms with Gasteiger partial charge in [-0.05, 0) is 26.7 Å². The van der Waals surface area contributed by atoms with E-state index in [0.717, 1.165) is 25.7 Å². The topological polar surface area (TPSA) is 93.7 Å². The summed E-state index contributed by atoms with van der Waals surface area (Å²) in [5, 5.41) is 5.47. The standard InChI is InChI=1S/C19H36N2O5/c1-5-17(23)10-8-6-7-9-11-18(24)21-13-15-26-19(3,4)25-14-12-20-16(2)22/h5-15H2,1-4H3,(H,20,22)(H,21,24). The molecule has 0 aromatic carbocycles. The number of rotatable bonds is 16. The number of hydrogen-bond donors (Lipinski definition) is 2. The molecule has 0 bridgehead atoms. The van der Waals surface area contributed by atoms with Crippen LogP contribution in [0.25, 0.3) is 0 Å². The molecule has 0 rings (SSSR count). The average molecular weight is 373 g/mol. The van der Waals surface area contributed by atoms with E-state index in [1.54, 1.807) is 13.8 Å².